The van der Waals surface area contributed by atoms with E-state index in [-0.39, 0.29) is 0 Å². The van der Waals surface area contributed by atoms with Crippen LogP contribution >= 0.6 is 0 Å². The van der Waals surface area contributed by atoms with Gasteiger partial charge in [-0.1, -0.05) is 27.7 Å². The maximum atomic E-state index is 3.41. The highest BCUT2D eigenvalue weighted by Crippen LogP contribution is 2.39. The van der Waals surface area contributed by atoms with Gasteiger partial charge in [0.05, 0.1) is 0 Å². The lowest BCUT2D eigenvalue weighted by atomic mass is 9.66. The summed E-state index contributed by atoms with van der Waals surface area (Å²) in [4.78, 5) is 0. The van der Waals surface area contributed by atoms with Gasteiger partial charge in [0.25, 0.3) is 0 Å². The molecule has 1 aliphatic carbocycles. The normalized spacial score (nSPS) is 35.2. The fourth-order valence-electron chi connectivity index (χ4n) is 1.85. The zero-order valence-corrected chi connectivity index (χ0v) is 8.70. The van der Waals surface area contributed by atoms with Gasteiger partial charge in [0.1, 0.15) is 0 Å². The quantitative estimate of drug-likeness (QED) is 0.650. The van der Waals surface area contributed by atoms with Crippen molar-refractivity contribution in [2.45, 2.75) is 52.5 Å². The minimum Gasteiger partial charge on any atom is -0.314 e. The molecule has 1 unspecified atom stereocenters. The molecule has 11 heavy (non-hydrogen) atoms. The Bertz CT molecular complexity index is 89.5. The van der Waals surface area contributed by atoms with Crippen LogP contribution in [0.1, 0.15) is 47.0 Å². The summed E-state index contributed by atoms with van der Waals surface area (Å²) in [5.74, 6) is 0.896. The summed E-state index contributed by atoms with van der Waals surface area (Å²) in [5.41, 5.74) is 0.514. The molecule has 0 aliphatic heterocycles. The molecule has 68 valence electrons. The fraction of sp³-hybridized carbons (Fsp3) is 1.00. The SMILES string of the molecule is CC.CC[C@]1(NC)CCC1C. The average molecular weight is 157 g/mol. The molecule has 0 heterocycles. The van der Waals surface area contributed by atoms with E-state index >= 15 is 0 Å². The Hall–Kier alpha value is -0.0400. The molecule has 1 rings (SSSR count). The Labute approximate surface area is 71.6 Å². The molecule has 1 saturated carbocycles. The average Bonchev–Trinajstić information content (AvgIpc) is 2.08. The number of nitrogens with one attached hydrogen (secondary N) is 1. The standard InChI is InChI=1S/C8H17N.C2H6/c1-4-8(9-3)6-5-7(8)2;1-2/h7,9H,4-6H2,1-3H3;1-2H3/t7?,8-;/m0./s1. The molecule has 1 nitrogen and oxygen atoms in total. The predicted molar refractivity (Wildman–Crippen MR) is 51.8 cm³/mol. The van der Waals surface area contributed by atoms with Gasteiger partial charge in [0.15, 0.2) is 0 Å². The molecule has 0 aromatic heterocycles. The second kappa shape index (κ2) is 4.76. The Morgan fingerprint density at radius 1 is 1.45 bits per heavy atom. The summed E-state index contributed by atoms with van der Waals surface area (Å²) in [7, 11) is 2.08. The fourth-order valence-corrected chi connectivity index (χ4v) is 1.85. The molecule has 1 fully saturated rings. The highest BCUT2D eigenvalue weighted by molar-refractivity contribution is 4.98. The van der Waals surface area contributed by atoms with E-state index in [0.29, 0.717) is 5.54 Å². The van der Waals surface area contributed by atoms with Gasteiger partial charge in [-0.05, 0) is 32.2 Å². The van der Waals surface area contributed by atoms with Crippen LogP contribution in [-0.2, 0) is 0 Å². The van der Waals surface area contributed by atoms with E-state index in [1.807, 2.05) is 13.8 Å². The van der Waals surface area contributed by atoms with E-state index in [9.17, 15) is 0 Å². The molecular formula is C10H23N. The van der Waals surface area contributed by atoms with Crippen LogP contribution in [-0.4, -0.2) is 12.6 Å². The maximum Gasteiger partial charge on any atom is 0.0201 e. The van der Waals surface area contributed by atoms with Crippen LogP contribution in [0.5, 0.6) is 0 Å². The van der Waals surface area contributed by atoms with E-state index in [4.69, 9.17) is 0 Å². The van der Waals surface area contributed by atoms with Gasteiger partial charge >= 0.3 is 0 Å². The van der Waals surface area contributed by atoms with Crippen LogP contribution in [0.25, 0.3) is 0 Å². The number of rotatable bonds is 2. The van der Waals surface area contributed by atoms with Gasteiger partial charge in [0, 0.05) is 5.54 Å². The summed E-state index contributed by atoms with van der Waals surface area (Å²) in [6.45, 7) is 8.61. The summed E-state index contributed by atoms with van der Waals surface area (Å²) >= 11 is 0. The first kappa shape index (κ1) is 11.0. The molecule has 0 aromatic rings. The molecule has 0 bridgehead atoms. The Kier molecular flexibility index (Phi) is 4.74. The zero-order valence-electron chi connectivity index (χ0n) is 8.70. The van der Waals surface area contributed by atoms with Crippen LogP contribution < -0.4 is 5.32 Å². The monoisotopic (exact) mass is 157 g/mol. The van der Waals surface area contributed by atoms with Crippen molar-refractivity contribution < 1.29 is 0 Å². The smallest absolute Gasteiger partial charge is 0.0201 e. The minimum atomic E-state index is 0.514. The summed E-state index contributed by atoms with van der Waals surface area (Å²) in [6.07, 6.45) is 4.07. The lowest BCUT2D eigenvalue weighted by Crippen LogP contribution is -2.55. The molecule has 0 radical (unpaired) electrons. The van der Waals surface area contributed by atoms with Crippen molar-refractivity contribution in [1.29, 1.82) is 0 Å². The molecular weight excluding hydrogens is 134 g/mol. The molecule has 0 spiro atoms. The summed E-state index contributed by atoms with van der Waals surface area (Å²) in [5, 5.41) is 3.41. The van der Waals surface area contributed by atoms with E-state index < -0.39 is 0 Å². The molecule has 0 saturated heterocycles. The Morgan fingerprint density at radius 3 is 2.00 bits per heavy atom. The van der Waals surface area contributed by atoms with E-state index in [0.717, 1.165) is 5.92 Å². The lowest BCUT2D eigenvalue weighted by molar-refractivity contribution is 0.101. The van der Waals surface area contributed by atoms with E-state index in [1.165, 1.54) is 19.3 Å². The van der Waals surface area contributed by atoms with Crippen molar-refractivity contribution in [2.75, 3.05) is 7.05 Å². The van der Waals surface area contributed by atoms with E-state index in [1.54, 1.807) is 0 Å². The number of hydrogen-bond donors (Lipinski definition) is 1. The third kappa shape index (κ3) is 1.96. The summed E-state index contributed by atoms with van der Waals surface area (Å²) < 4.78 is 0. The van der Waals surface area contributed by atoms with Crippen molar-refractivity contribution >= 4 is 0 Å². The Balaban J connectivity index is 0.000000461. The van der Waals surface area contributed by atoms with Crippen LogP contribution in [0.15, 0.2) is 0 Å². The largest absolute Gasteiger partial charge is 0.314 e. The predicted octanol–water partition coefficient (Wildman–Crippen LogP) is 2.81. The second-order valence-electron chi connectivity index (χ2n) is 3.20. The highest BCUT2D eigenvalue weighted by Gasteiger charge is 2.40. The molecule has 0 amide bonds. The molecule has 2 atom stereocenters. The maximum absolute atomic E-state index is 3.41. The van der Waals surface area contributed by atoms with Gasteiger partial charge in [-0.25, -0.2) is 0 Å². The van der Waals surface area contributed by atoms with E-state index in [2.05, 4.69) is 26.2 Å². The Morgan fingerprint density at radius 2 is 2.00 bits per heavy atom. The first-order valence-electron chi connectivity index (χ1n) is 4.94. The highest BCUT2D eigenvalue weighted by atomic mass is 15.0. The molecule has 1 heteroatoms. The van der Waals surface area contributed by atoms with Crippen molar-refractivity contribution in [3.63, 3.8) is 0 Å². The van der Waals surface area contributed by atoms with Crippen molar-refractivity contribution in [3.05, 3.63) is 0 Å². The second-order valence-corrected chi connectivity index (χ2v) is 3.20. The van der Waals surface area contributed by atoms with Crippen LogP contribution in [0.2, 0.25) is 0 Å². The van der Waals surface area contributed by atoms with Gasteiger partial charge in [-0.15, -0.1) is 0 Å². The van der Waals surface area contributed by atoms with Gasteiger partial charge in [-0.3, -0.25) is 0 Å². The number of hydrogen-bond acceptors (Lipinski definition) is 1. The third-order valence-corrected chi connectivity index (χ3v) is 3.10. The van der Waals surface area contributed by atoms with Crippen LogP contribution in [0, 0.1) is 5.92 Å². The van der Waals surface area contributed by atoms with Crippen LogP contribution in [0.4, 0.5) is 0 Å². The van der Waals surface area contributed by atoms with Crippen molar-refractivity contribution in [3.8, 4) is 0 Å². The van der Waals surface area contributed by atoms with Crippen molar-refractivity contribution in [1.82, 2.24) is 5.32 Å². The molecule has 0 aromatic carbocycles. The minimum absolute atomic E-state index is 0.514. The first-order valence-corrected chi connectivity index (χ1v) is 4.94. The van der Waals surface area contributed by atoms with Crippen LogP contribution in [0.3, 0.4) is 0 Å². The molecule has 1 N–H and O–H groups in total. The van der Waals surface area contributed by atoms with Crippen molar-refractivity contribution in [2.24, 2.45) is 5.92 Å². The zero-order chi connectivity index (χ0) is 8.91. The molecule has 1 aliphatic rings. The lowest BCUT2D eigenvalue weighted by Gasteiger charge is -2.47. The topological polar surface area (TPSA) is 12.0 Å². The van der Waals surface area contributed by atoms with Gasteiger partial charge in [0.2, 0.25) is 0 Å². The third-order valence-electron chi connectivity index (χ3n) is 3.10. The van der Waals surface area contributed by atoms with Gasteiger partial charge in [-0.2, -0.15) is 0 Å². The van der Waals surface area contributed by atoms with Gasteiger partial charge < -0.3 is 5.32 Å². The first-order chi connectivity index (χ1) is 5.25. The summed E-state index contributed by atoms with van der Waals surface area (Å²) in [6, 6.07) is 0.